The second-order valence-electron chi connectivity index (χ2n) is 9.73. The van der Waals surface area contributed by atoms with Crippen molar-refractivity contribution in [2.45, 2.75) is 53.5 Å². The molecule has 0 aliphatic heterocycles. The van der Waals surface area contributed by atoms with Gasteiger partial charge in [0.1, 0.15) is 25.6 Å². The van der Waals surface area contributed by atoms with Crippen molar-refractivity contribution in [2.75, 3.05) is 32.0 Å². The Bertz CT molecular complexity index is 1510. The molecular weight excluding hydrogens is 892 g/mol. The van der Waals surface area contributed by atoms with Gasteiger partial charge in [-0.05, 0) is 53.1 Å². The molecule has 9 radical (unpaired) electrons. The zero-order valence-corrected chi connectivity index (χ0v) is 33.6. The number of ether oxygens (including phenoxy) is 6. The van der Waals surface area contributed by atoms with E-state index in [4.69, 9.17) is 52.0 Å². The molecule has 3 rings (SSSR count). The van der Waals surface area contributed by atoms with E-state index in [0.717, 1.165) is 16.7 Å². The molecule has 0 aromatic heterocycles. The Morgan fingerprint density at radius 2 is 0.873 bits per heavy atom. The molecule has 3 aromatic rings. The summed E-state index contributed by atoms with van der Waals surface area (Å²) in [6.07, 6.45) is 1.36. The summed E-state index contributed by atoms with van der Waals surface area (Å²) in [5, 5.41) is 14.5. The molecule has 0 unspecified atom stereocenters. The Labute approximate surface area is 339 Å². The summed E-state index contributed by atoms with van der Waals surface area (Å²) in [5.41, 5.74) is 5.67. The zero-order chi connectivity index (χ0) is 41.3. The van der Waals surface area contributed by atoms with Gasteiger partial charge in [0.25, 0.3) is 0 Å². The van der Waals surface area contributed by atoms with Crippen molar-refractivity contribution in [1.29, 1.82) is 0 Å². The number of phenolic OH excluding ortho intramolecular Hbond substituents is 1. The number of hydrogen-bond acceptors (Lipinski definition) is 13. The van der Waals surface area contributed by atoms with E-state index >= 15 is 0 Å². The molecule has 0 aliphatic rings. The third-order valence-corrected chi connectivity index (χ3v) is 5.95. The van der Waals surface area contributed by atoms with Crippen LogP contribution in [0, 0.1) is 0 Å². The van der Waals surface area contributed by atoms with Gasteiger partial charge in [-0.1, -0.05) is 32.0 Å². The molecule has 3 N–H and O–H groups in total. The maximum Gasteiger partial charge on any atom is 0.236 e. The topological polar surface area (TPSA) is 202 Å². The molecular formula is C35H42B4IrN2O13. The summed E-state index contributed by atoms with van der Waals surface area (Å²) >= 11 is 0. The molecule has 0 saturated heterocycles. The fourth-order valence-corrected chi connectivity index (χ4v) is 3.91. The van der Waals surface area contributed by atoms with Gasteiger partial charge in [-0.2, -0.15) is 0 Å². The molecule has 0 saturated carbocycles. The van der Waals surface area contributed by atoms with Crippen LogP contribution < -0.4 is 10.6 Å². The van der Waals surface area contributed by atoms with Crippen LogP contribution in [0.2, 0.25) is 0 Å². The predicted octanol–water partition coefficient (Wildman–Crippen LogP) is 4.13. The fraction of sp³-hybridized carbons (Fsp3) is 0.314. The number of rotatable bonds is 16. The summed E-state index contributed by atoms with van der Waals surface area (Å²) in [4.78, 5) is 60.9. The number of hydrogen-bond donors (Lipinski definition) is 3. The van der Waals surface area contributed by atoms with Gasteiger partial charge in [-0.15, -0.1) is 0 Å². The van der Waals surface area contributed by atoms with Crippen molar-refractivity contribution >= 4 is 79.4 Å². The van der Waals surface area contributed by atoms with Gasteiger partial charge in [0.2, 0.25) is 54.0 Å². The Morgan fingerprint density at radius 1 is 0.582 bits per heavy atom. The molecule has 20 heteroatoms. The van der Waals surface area contributed by atoms with Crippen LogP contribution in [0.4, 0.5) is 25.8 Å². The van der Waals surface area contributed by atoms with Crippen LogP contribution in [0.25, 0.3) is 0 Å². The first kappa shape index (κ1) is 54.6. The summed E-state index contributed by atoms with van der Waals surface area (Å²) < 4.78 is 28.9. The van der Waals surface area contributed by atoms with Crippen LogP contribution >= 0.6 is 0 Å². The number of carbonyl (C=O) groups excluding carboxylic acids is 6. The summed E-state index contributed by atoms with van der Waals surface area (Å²) in [6, 6.07) is 15.5. The average molecular weight is 934 g/mol. The number of carbonyl (C=O) groups is 6. The number of phenols is 1. The van der Waals surface area contributed by atoms with Crippen molar-refractivity contribution in [3.05, 3.63) is 88.0 Å². The molecule has 3 aromatic carbocycles. The summed E-state index contributed by atoms with van der Waals surface area (Å²) in [5.74, 6) is -2.53. The van der Waals surface area contributed by atoms with Crippen molar-refractivity contribution in [3.8, 4) is 5.75 Å². The van der Waals surface area contributed by atoms with Crippen LogP contribution in [-0.2, 0) is 103 Å². The molecule has 15 nitrogen and oxygen atoms in total. The number of amides is 2. The minimum Gasteiger partial charge on any atom is -0.508 e. The zero-order valence-electron chi connectivity index (χ0n) is 31.2. The molecule has 0 spiro atoms. The van der Waals surface area contributed by atoms with E-state index in [-0.39, 0.29) is 51.9 Å². The van der Waals surface area contributed by atoms with Crippen LogP contribution in [-0.4, -0.2) is 94.4 Å². The predicted molar refractivity (Wildman–Crippen MR) is 204 cm³/mol. The normalized spacial score (nSPS) is 9.04. The van der Waals surface area contributed by atoms with E-state index in [1.807, 2.05) is 26.0 Å². The van der Waals surface area contributed by atoms with E-state index in [0.29, 0.717) is 60.7 Å². The maximum absolute atomic E-state index is 10.5. The Morgan fingerprint density at radius 3 is 1.16 bits per heavy atom. The van der Waals surface area contributed by atoms with Gasteiger partial charge in [-0.3, -0.25) is 24.0 Å². The van der Waals surface area contributed by atoms with Gasteiger partial charge in [0.05, 0.1) is 26.0 Å². The molecule has 0 aliphatic carbocycles. The minimum atomic E-state index is -0.869. The van der Waals surface area contributed by atoms with Crippen molar-refractivity contribution < 1.29 is 82.4 Å². The molecule has 0 fully saturated rings. The molecule has 0 atom stereocenters. The standard InChI is InChI=1S/2C11H12BNO4.C10H11BO4.C2H6.CHBO.Ir/c2*1-16-5-8-2-3-10(13-7-14)9(4-8)6-17-11(12)15;1-14-5-7-2-3-9(12)8(4-7)6-15-10(11)13;1-2;2-1-3;/h2*2-4,7H,5-6H2,1H3,(H,13,14);2-4,12H,5-6H2,1H3;1-2H3;1H;. The van der Waals surface area contributed by atoms with Crippen LogP contribution in [0.1, 0.15) is 47.2 Å². The second kappa shape index (κ2) is 35.0. The largest absolute Gasteiger partial charge is 0.508 e. The first-order valence-corrected chi connectivity index (χ1v) is 15.7. The smallest absolute Gasteiger partial charge is 0.236 e. The number of methoxy groups -OCH3 is 3. The number of benzene rings is 3. The second-order valence-corrected chi connectivity index (χ2v) is 9.73. The van der Waals surface area contributed by atoms with Crippen molar-refractivity contribution in [3.63, 3.8) is 0 Å². The first-order valence-electron chi connectivity index (χ1n) is 15.7. The summed E-state index contributed by atoms with van der Waals surface area (Å²) in [7, 11) is 23.5. The average Bonchev–Trinajstić information content (AvgIpc) is 3.14. The molecule has 291 valence electrons. The Kier molecular flexibility index (Phi) is 34.8. The summed E-state index contributed by atoms with van der Waals surface area (Å²) in [6.45, 7) is 5.27. The Balaban J connectivity index is -0.000000690. The number of nitrogens with one attached hydrogen (secondary N) is 2. The van der Waals surface area contributed by atoms with E-state index < -0.39 is 17.6 Å². The number of anilines is 2. The molecule has 2 amide bonds. The maximum atomic E-state index is 10.5. The SMILES string of the molecule is CC.[B]C(=O)OCc1cc(COC)ccc1NC=O.[B]C(=O)OCc1cc(COC)ccc1NC=O.[B]C(=O)OCc1cc(COC)ccc1O.[B]C=O.[Ir]. The molecule has 55 heavy (non-hydrogen) atoms. The van der Waals surface area contributed by atoms with Gasteiger partial charge in [0.15, 0.2) is 7.85 Å². The quantitative estimate of drug-likeness (QED) is 0.105. The van der Waals surface area contributed by atoms with E-state index in [2.05, 4.69) is 23.2 Å². The minimum absolute atomic E-state index is 0. The van der Waals surface area contributed by atoms with E-state index in [1.165, 1.54) is 6.07 Å². The third-order valence-electron chi connectivity index (χ3n) is 5.95. The van der Waals surface area contributed by atoms with Crippen molar-refractivity contribution in [1.82, 2.24) is 0 Å². The molecule has 0 bridgehead atoms. The third kappa shape index (κ3) is 26.7. The van der Waals surface area contributed by atoms with Gasteiger partial charge in [-0.25, -0.2) is 0 Å². The number of aromatic hydroxyl groups is 1. The van der Waals surface area contributed by atoms with Crippen LogP contribution in [0.5, 0.6) is 5.75 Å². The molecule has 0 heterocycles. The van der Waals surface area contributed by atoms with Crippen LogP contribution in [0.15, 0.2) is 54.6 Å². The van der Waals surface area contributed by atoms with E-state index in [1.54, 1.807) is 57.7 Å². The fourth-order valence-electron chi connectivity index (χ4n) is 3.91. The Hall–Kier alpha value is -4.73. The first-order chi connectivity index (χ1) is 25.9. The van der Waals surface area contributed by atoms with E-state index in [9.17, 15) is 29.1 Å². The van der Waals surface area contributed by atoms with Gasteiger partial charge < -0.3 is 49.0 Å². The van der Waals surface area contributed by atoms with Crippen LogP contribution in [0.3, 0.4) is 0 Å². The monoisotopic (exact) mass is 935 g/mol. The van der Waals surface area contributed by atoms with Gasteiger partial charge in [0, 0.05) is 69.5 Å². The van der Waals surface area contributed by atoms with Gasteiger partial charge >= 0.3 is 0 Å². The van der Waals surface area contributed by atoms with Crippen molar-refractivity contribution in [2.24, 2.45) is 0 Å².